The van der Waals surface area contributed by atoms with Gasteiger partial charge in [-0.25, -0.2) is 13.9 Å². The number of hydrogen-bond donors (Lipinski definition) is 2. The van der Waals surface area contributed by atoms with Crippen molar-refractivity contribution in [2.24, 2.45) is 11.7 Å². The highest BCUT2D eigenvalue weighted by Crippen LogP contribution is 2.27. The second-order valence-corrected chi connectivity index (χ2v) is 9.53. The van der Waals surface area contributed by atoms with Crippen molar-refractivity contribution in [3.63, 3.8) is 0 Å². The van der Waals surface area contributed by atoms with Gasteiger partial charge in [-0.2, -0.15) is 10.2 Å². The summed E-state index contributed by atoms with van der Waals surface area (Å²) in [5.41, 5.74) is 10.8. The molecule has 0 amide bonds. The van der Waals surface area contributed by atoms with Crippen molar-refractivity contribution in [3.05, 3.63) is 84.2 Å². The van der Waals surface area contributed by atoms with Crippen LogP contribution in [0.2, 0.25) is 0 Å². The Morgan fingerprint density at radius 1 is 1.03 bits per heavy atom. The minimum absolute atomic E-state index is 0.239. The van der Waals surface area contributed by atoms with Crippen LogP contribution >= 0.6 is 0 Å². The number of nitrogens with two attached hydrogens (primary N) is 1. The van der Waals surface area contributed by atoms with Gasteiger partial charge in [0.2, 0.25) is 0 Å². The Morgan fingerprint density at radius 3 is 2.75 bits per heavy atom. The van der Waals surface area contributed by atoms with Crippen molar-refractivity contribution >= 4 is 27.9 Å². The number of halogens is 1. The Hall–Kier alpha value is -3.82. The lowest BCUT2D eigenvalue weighted by atomic mass is 9.97. The van der Waals surface area contributed by atoms with Crippen LogP contribution < -0.4 is 11.1 Å². The molecule has 1 aliphatic rings. The molecule has 3 aromatic heterocycles. The Labute approximate surface area is 208 Å². The Balaban J connectivity index is 1.23. The van der Waals surface area contributed by atoms with Gasteiger partial charge in [-0.05, 0) is 85.9 Å². The molecule has 184 valence electrons. The van der Waals surface area contributed by atoms with Crippen molar-refractivity contribution in [1.29, 1.82) is 0 Å². The predicted molar refractivity (Wildman–Crippen MR) is 139 cm³/mol. The molecule has 8 nitrogen and oxygen atoms in total. The number of piperidine rings is 1. The molecular formula is C27H29FN8. The molecule has 1 aliphatic heterocycles. The number of nitrogens with zero attached hydrogens (tertiary/aromatic N) is 6. The van der Waals surface area contributed by atoms with E-state index < -0.39 is 0 Å². The van der Waals surface area contributed by atoms with Crippen molar-refractivity contribution in [3.8, 4) is 0 Å². The largest absolute Gasteiger partial charge is 0.338 e. The molecule has 36 heavy (non-hydrogen) atoms. The van der Waals surface area contributed by atoms with E-state index in [2.05, 4.69) is 37.5 Å². The highest BCUT2D eigenvalue weighted by atomic mass is 19.1. The van der Waals surface area contributed by atoms with Crippen LogP contribution in [0.4, 0.5) is 15.9 Å². The van der Waals surface area contributed by atoms with Gasteiger partial charge in [-0.15, -0.1) is 0 Å². The van der Waals surface area contributed by atoms with Gasteiger partial charge < -0.3 is 11.1 Å². The van der Waals surface area contributed by atoms with Crippen LogP contribution in [0.3, 0.4) is 0 Å². The number of benzene rings is 2. The lowest BCUT2D eigenvalue weighted by molar-refractivity contribution is 0.181. The molecule has 0 atom stereocenters. The van der Waals surface area contributed by atoms with Gasteiger partial charge in [-0.1, -0.05) is 12.1 Å². The van der Waals surface area contributed by atoms with E-state index in [0.29, 0.717) is 12.5 Å². The summed E-state index contributed by atoms with van der Waals surface area (Å²) in [6, 6.07) is 14.9. The minimum Gasteiger partial charge on any atom is -0.338 e. The molecular weight excluding hydrogens is 455 g/mol. The van der Waals surface area contributed by atoms with Crippen LogP contribution in [0.15, 0.2) is 67.3 Å². The molecule has 0 unspecified atom stereocenters. The lowest BCUT2D eigenvalue weighted by Gasteiger charge is -2.31. The monoisotopic (exact) mass is 484 g/mol. The molecule has 0 saturated carbocycles. The third-order valence-corrected chi connectivity index (χ3v) is 7.10. The van der Waals surface area contributed by atoms with E-state index in [1.807, 2.05) is 39.8 Å². The van der Waals surface area contributed by atoms with E-state index in [1.54, 1.807) is 18.5 Å². The van der Waals surface area contributed by atoms with Gasteiger partial charge in [0.1, 0.15) is 17.7 Å². The Kier molecular flexibility index (Phi) is 6.08. The quantitative estimate of drug-likeness (QED) is 0.360. The summed E-state index contributed by atoms with van der Waals surface area (Å²) < 4.78 is 17.4. The van der Waals surface area contributed by atoms with Crippen molar-refractivity contribution in [2.75, 3.05) is 25.0 Å². The summed E-state index contributed by atoms with van der Waals surface area (Å²) in [5, 5.41) is 13.4. The van der Waals surface area contributed by atoms with Gasteiger partial charge >= 0.3 is 0 Å². The lowest BCUT2D eigenvalue weighted by Crippen LogP contribution is -2.35. The van der Waals surface area contributed by atoms with Crippen LogP contribution in [0.25, 0.3) is 16.4 Å². The van der Waals surface area contributed by atoms with Crippen LogP contribution in [-0.4, -0.2) is 48.9 Å². The van der Waals surface area contributed by atoms with E-state index in [1.165, 1.54) is 11.6 Å². The van der Waals surface area contributed by atoms with Crippen LogP contribution in [0, 0.1) is 11.7 Å². The summed E-state index contributed by atoms with van der Waals surface area (Å²) in [6.45, 7) is 4.27. The van der Waals surface area contributed by atoms with Crippen molar-refractivity contribution in [1.82, 2.24) is 29.3 Å². The first-order chi connectivity index (χ1) is 17.7. The normalized spacial score (nSPS) is 15.2. The minimum atomic E-state index is -0.239. The number of anilines is 2. The number of rotatable bonds is 7. The van der Waals surface area contributed by atoms with Crippen LogP contribution in [-0.2, 0) is 13.1 Å². The highest BCUT2D eigenvalue weighted by Gasteiger charge is 2.20. The molecule has 1 fully saturated rings. The molecule has 0 spiro atoms. The number of fused-ring (bicyclic) bond motifs is 2. The van der Waals surface area contributed by atoms with Gasteiger partial charge in [0.15, 0.2) is 5.82 Å². The SMILES string of the molecule is NCC1CCN(Cc2ccn3ncnc(Nc4ccc5c(cnn5Cc5cccc(F)c5)c4)c23)CC1. The molecule has 0 bridgehead atoms. The number of hydrogen-bond acceptors (Lipinski definition) is 6. The third kappa shape index (κ3) is 4.55. The summed E-state index contributed by atoms with van der Waals surface area (Å²) in [7, 11) is 0. The molecule has 0 aliphatic carbocycles. The zero-order valence-corrected chi connectivity index (χ0v) is 20.0. The Bertz CT molecular complexity index is 1500. The van der Waals surface area contributed by atoms with E-state index in [4.69, 9.17) is 5.73 Å². The smallest absolute Gasteiger partial charge is 0.158 e. The van der Waals surface area contributed by atoms with Crippen LogP contribution in [0.1, 0.15) is 24.0 Å². The second kappa shape index (κ2) is 9.67. The first-order valence-electron chi connectivity index (χ1n) is 12.4. The predicted octanol–water partition coefficient (Wildman–Crippen LogP) is 4.18. The second-order valence-electron chi connectivity index (χ2n) is 9.53. The van der Waals surface area contributed by atoms with Gasteiger partial charge in [0, 0.05) is 23.8 Å². The Morgan fingerprint density at radius 2 is 1.92 bits per heavy atom. The fraction of sp³-hybridized carbons (Fsp3) is 0.296. The molecule has 6 rings (SSSR count). The molecule has 4 heterocycles. The zero-order valence-electron chi connectivity index (χ0n) is 20.0. The first-order valence-corrected chi connectivity index (χ1v) is 12.4. The summed E-state index contributed by atoms with van der Waals surface area (Å²) in [5.74, 6) is 1.17. The average molecular weight is 485 g/mol. The number of likely N-dealkylation sites (tertiary alicyclic amines) is 1. The van der Waals surface area contributed by atoms with Crippen molar-refractivity contribution < 1.29 is 4.39 Å². The van der Waals surface area contributed by atoms with Crippen LogP contribution in [0.5, 0.6) is 0 Å². The van der Waals surface area contributed by atoms with Gasteiger partial charge in [0.05, 0.1) is 18.3 Å². The molecule has 9 heteroatoms. The van der Waals surface area contributed by atoms with E-state index >= 15 is 0 Å². The summed E-state index contributed by atoms with van der Waals surface area (Å²) >= 11 is 0. The number of nitrogens with one attached hydrogen (secondary N) is 1. The zero-order chi connectivity index (χ0) is 24.5. The maximum atomic E-state index is 13.6. The van der Waals surface area contributed by atoms with E-state index in [0.717, 1.165) is 72.5 Å². The standard InChI is InChI=1S/C27H29FN8/c28-23-3-1-2-20(12-23)16-36-25-5-4-24(13-22(25)15-31-36)33-27-26-21(8-11-35(26)32-18-30-27)17-34-9-6-19(14-29)7-10-34/h1-5,8,11-13,15,18-19H,6-7,9-10,14,16-17,29H2,(H,30,32,33). The molecule has 1 saturated heterocycles. The highest BCUT2D eigenvalue weighted by molar-refractivity contribution is 5.85. The van der Waals surface area contributed by atoms with Crippen molar-refractivity contribution in [2.45, 2.75) is 25.9 Å². The molecule has 3 N–H and O–H groups in total. The summed E-state index contributed by atoms with van der Waals surface area (Å²) in [6.07, 6.45) is 7.70. The van der Waals surface area contributed by atoms with E-state index in [-0.39, 0.29) is 5.82 Å². The van der Waals surface area contributed by atoms with Gasteiger partial charge in [0.25, 0.3) is 0 Å². The topological polar surface area (TPSA) is 89.3 Å². The maximum Gasteiger partial charge on any atom is 0.158 e. The summed E-state index contributed by atoms with van der Waals surface area (Å²) in [4.78, 5) is 7.05. The first kappa shape index (κ1) is 22.6. The average Bonchev–Trinajstić information content (AvgIpc) is 3.49. The van der Waals surface area contributed by atoms with E-state index in [9.17, 15) is 4.39 Å². The molecule has 2 aromatic carbocycles. The third-order valence-electron chi connectivity index (χ3n) is 7.10. The number of aromatic nitrogens is 5. The molecule has 5 aromatic rings. The molecule has 0 radical (unpaired) electrons. The maximum absolute atomic E-state index is 13.6. The van der Waals surface area contributed by atoms with Gasteiger partial charge in [-0.3, -0.25) is 9.58 Å². The fourth-order valence-electron chi connectivity index (χ4n) is 5.09. The fourth-order valence-corrected chi connectivity index (χ4v) is 5.09.